The number of phenols is 1. The Morgan fingerprint density at radius 2 is 2.04 bits per heavy atom. The molecule has 0 heterocycles. The fraction of sp³-hybridized carbons (Fsp3) is 0.667. The molecule has 7 heteroatoms. The van der Waals surface area contributed by atoms with Crippen LogP contribution in [0.5, 0.6) is 5.75 Å². The Labute approximate surface area is 170 Å². The molecule has 1 aromatic rings. The summed E-state index contributed by atoms with van der Waals surface area (Å²) >= 11 is 0. The molecule has 2 saturated carbocycles. The number of phenolic OH excluding ortho intramolecular Hbond substituents is 1. The summed E-state index contributed by atoms with van der Waals surface area (Å²) in [5.41, 5.74) is 2.43. The van der Waals surface area contributed by atoms with E-state index >= 15 is 0 Å². The molecule has 0 bridgehead atoms. The van der Waals surface area contributed by atoms with Gasteiger partial charge in [-0.05, 0) is 85.0 Å². The molecule has 3 aliphatic rings. The van der Waals surface area contributed by atoms with Gasteiger partial charge in [0.2, 0.25) is 0 Å². The smallest absolute Gasteiger partial charge is 0.756 e. The van der Waals surface area contributed by atoms with Crippen molar-refractivity contribution < 1.29 is 53.5 Å². The van der Waals surface area contributed by atoms with Crippen molar-refractivity contribution in [3.8, 4) is 5.75 Å². The third-order valence-corrected chi connectivity index (χ3v) is 7.40. The van der Waals surface area contributed by atoms with E-state index in [0.717, 1.165) is 32.1 Å². The summed E-state index contributed by atoms with van der Waals surface area (Å²) in [4.78, 5) is 20.3. The van der Waals surface area contributed by atoms with Gasteiger partial charge in [-0.1, -0.05) is 13.0 Å². The van der Waals surface area contributed by atoms with Crippen molar-refractivity contribution in [2.45, 2.75) is 57.5 Å². The van der Waals surface area contributed by atoms with Crippen molar-refractivity contribution in [1.29, 1.82) is 0 Å². The zero-order valence-corrected chi connectivity index (χ0v) is 17.7. The minimum Gasteiger partial charge on any atom is -0.756 e. The molecular formula is C18H24NaO5P. The van der Waals surface area contributed by atoms with Crippen molar-refractivity contribution in [1.82, 2.24) is 0 Å². The summed E-state index contributed by atoms with van der Waals surface area (Å²) in [7, 11) is -4.69. The normalized spacial score (nSPS) is 38.7. The summed E-state index contributed by atoms with van der Waals surface area (Å²) in [5, 5.41) is 9.72. The molecule has 4 rings (SSSR count). The zero-order chi connectivity index (χ0) is 17.1. The Morgan fingerprint density at radius 1 is 1.28 bits per heavy atom. The molecule has 0 saturated heterocycles. The second kappa shape index (κ2) is 6.94. The van der Waals surface area contributed by atoms with Gasteiger partial charge >= 0.3 is 29.6 Å². The van der Waals surface area contributed by atoms with Crippen molar-refractivity contribution in [3.63, 3.8) is 0 Å². The Bertz CT molecular complexity index is 705. The van der Waals surface area contributed by atoms with Gasteiger partial charge in [-0.3, -0.25) is 4.57 Å². The first-order chi connectivity index (χ1) is 11.3. The summed E-state index contributed by atoms with van der Waals surface area (Å²) in [6, 6.07) is 5.72. The number of aryl methyl sites for hydroxylation is 1. The molecule has 2 fully saturated rings. The monoisotopic (exact) mass is 374 g/mol. The van der Waals surface area contributed by atoms with E-state index in [9.17, 15) is 14.6 Å². The van der Waals surface area contributed by atoms with Gasteiger partial charge in [0.05, 0.1) is 6.10 Å². The largest absolute Gasteiger partial charge is 1.00 e. The van der Waals surface area contributed by atoms with Gasteiger partial charge in [-0.2, -0.15) is 0 Å². The van der Waals surface area contributed by atoms with Crippen LogP contribution in [0.15, 0.2) is 18.2 Å². The quantitative estimate of drug-likeness (QED) is 0.566. The standard InChI is InChI=1S/C18H25O5P.Na/c1-18-9-8-14-13-5-3-12(19)10-11(13)2-4-15(14)16(18)6-7-17(18)23-24(20,21)22;/h3,5,10,14-17,19H,2,4,6-9H2,1H3,(H2,20,21,22);/q;+1/p-1/t14-,15-,16+,17+,18+;/m1./s1. The van der Waals surface area contributed by atoms with E-state index in [0.29, 0.717) is 29.9 Å². The molecule has 6 atom stereocenters. The van der Waals surface area contributed by atoms with E-state index in [4.69, 9.17) is 9.42 Å². The number of hydrogen-bond acceptors (Lipinski definition) is 4. The maximum atomic E-state index is 11.2. The number of benzene rings is 1. The van der Waals surface area contributed by atoms with Crippen molar-refractivity contribution in [3.05, 3.63) is 29.3 Å². The van der Waals surface area contributed by atoms with E-state index in [-0.39, 0.29) is 35.0 Å². The van der Waals surface area contributed by atoms with Crippen LogP contribution in [-0.4, -0.2) is 16.1 Å². The first-order valence-corrected chi connectivity index (χ1v) is 10.3. The number of hydrogen-bond donors (Lipinski definition) is 2. The molecule has 2 N–H and O–H groups in total. The van der Waals surface area contributed by atoms with Gasteiger partial charge in [0.1, 0.15) is 5.75 Å². The molecule has 1 aromatic carbocycles. The number of rotatable bonds is 2. The first kappa shape index (κ1) is 19.9. The average Bonchev–Trinajstić information content (AvgIpc) is 2.82. The molecule has 25 heavy (non-hydrogen) atoms. The topological polar surface area (TPSA) is 89.8 Å². The number of aromatic hydroxyl groups is 1. The summed E-state index contributed by atoms with van der Waals surface area (Å²) in [5.74, 6) is 1.77. The number of phosphoric ester groups is 1. The summed E-state index contributed by atoms with van der Waals surface area (Å²) in [6.45, 7) is 2.13. The molecule has 1 unspecified atom stereocenters. The Balaban J connectivity index is 0.00000182. The number of fused-ring (bicyclic) bond motifs is 5. The number of phosphoric acid groups is 1. The van der Waals surface area contributed by atoms with Crippen molar-refractivity contribution in [2.24, 2.45) is 17.3 Å². The minimum atomic E-state index is -4.69. The van der Waals surface area contributed by atoms with Crippen LogP contribution in [0.2, 0.25) is 0 Å². The fourth-order valence-electron chi connectivity index (χ4n) is 5.85. The Hall–Kier alpha value is 0.130. The fourth-order valence-corrected chi connectivity index (χ4v) is 6.52. The maximum absolute atomic E-state index is 11.2. The molecule has 0 spiro atoms. The van der Waals surface area contributed by atoms with Crippen molar-refractivity contribution in [2.75, 3.05) is 0 Å². The van der Waals surface area contributed by atoms with E-state index < -0.39 is 13.9 Å². The van der Waals surface area contributed by atoms with Crippen LogP contribution in [0, 0.1) is 17.3 Å². The van der Waals surface area contributed by atoms with Crippen LogP contribution in [0.4, 0.5) is 0 Å². The van der Waals surface area contributed by atoms with Gasteiger partial charge in [-0.25, -0.2) is 0 Å². The molecule has 0 aromatic heterocycles. The molecule has 3 aliphatic carbocycles. The predicted octanol–water partition coefficient (Wildman–Crippen LogP) is 0.0982. The summed E-state index contributed by atoms with van der Waals surface area (Å²) in [6.07, 6.45) is 5.19. The van der Waals surface area contributed by atoms with Crippen LogP contribution in [0.3, 0.4) is 0 Å². The minimum absolute atomic E-state index is 0. The molecule has 132 valence electrons. The van der Waals surface area contributed by atoms with Gasteiger partial charge in [-0.15, -0.1) is 0 Å². The van der Waals surface area contributed by atoms with Crippen LogP contribution in [0.25, 0.3) is 0 Å². The Kier molecular flexibility index (Phi) is 5.52. The molecular weight excluding hydrogens is 350 g/mol. The maximum Gasteiger partial charge on any atom is 1.00 e. The van der Waals surface area contributed by atoms with Crippen molar-refractivity contribution >= 4 is 7.82 Å². The molecule has 0 aliphatic heterocycles. The van der Waals surface area contributed by atoms with Crippen LogP contribution in [0.1, 0.15) is 56.1 Å². The second-order valence-corrected chi connectivity index (χ2v) is 9.13. The van der Waals surface area contributed by atoms with E-state index in [2.05, 4.69) is 13.0 Å². The van der Waals surface area contributed by atoms with E-state index in [1.54, 1.807) is 6.07 Å². The van der Waals surface area contributed by atoms with Gasteiger partial charge in [0, 0.05) is 0 Å². The van der Waals surface area contributed by atoms with E-state index in [1.165, 1.54) is 11.1 Å². The van der Waals surface area contributed by atoms with Gasteiger partial charge in [0.25, 0.3) is 7.82 Å². The van der Waals surface area contributed by atoms with Crippen LogP contribution < -0.4 is 34.5 Å². The predicted molar refractivity (Wildman–Crippen MR) is 87.4 cm³/mol. The van der Waals surface area contributed by atoms with Crippen LogP contribution >= 0.6 is 7.82 Å². The molecule has 5 nitrogen and oxygen atoms in total. The zero-order valence-electron chi connectivity index (χ0n) is 14.9. The van der Waals surface area contributed by atoms with Gasteiger partial charge in [0.15, 0.2) is 0 Å². The average molecular weight is 374 g/mol. The molecule has 0 radical (unpaired) electrons. The first-order valence-electron chi connectivity index (χ1n) is 8.82. The SMILES string of the molecule is C[C@]12CC[C@@H]3c4ccc(O)cc4CC[C@H]3[C@@H]1CC[C@@H]2OP(=O)([O-])O.[Na+]. The van der Waals surface area contributed by atoms with Gasteiger partial charge < -0.3 is 19.4 Å². The van der Waals surface area contributed by atoms with E-state index in [1.807, 2.05) is 6.07 Å². The summed E-state index contributed by atoms with van der Waals surface area (Å²) < 4.78 is 16.3. The van der Waals surface area contributed by atoms with Crippen LogP contribution in [-0.2, 0) is 15.5 Å². The Morgan fingerprint density at radius 3 is 2.76 bits per heavy atom. The second-order valence-electron chi connectivity index (χ2n) is 7.98. The third-order valence-electron chi connectivity index (χ3n) is 6.88. The third kappa shape index (κ3) is 3.50. The molecule has 0 amide bonds.